The molecule has 0 spiro atoms. The SMILES string of the molecule is O=C1C[C@H]2[C@@H](O1)[C@H]1C=C[C@@H]2C1. The second kappa shape index (κ2) is 1.68. The summed E-state index contributed by atoms with van der Waals surface area (Å²) in [4.78, 5) is 10.9. The van der Waals surface area contributed by atoms with Crippen LogP contribution >= 0.6 is 0 Å². The third-order valence-electron chi connectivity index (χ3n) is 3.21. The van der Waals surface area contributed by atoms with Gasteiger partial charge in [-0.15, -0.1) is 0 Å². The molecule has 2 bridgehead atoms. The van der Waals surface area contributed by atoms with E-state index in [1.54, 1.807) is 0 Å². The predicted octanol–water partition coefficient (Wildman–Crippen LogP) is 1.12. The fraction of sp³-hybridized carbons (Fsp3) is 0.667. The van der Waals surface area contributed by atoms with Crippen LogP contribution in [0.3, 0.4) is 0 Å². The van der Waals surface area contributed by atoms with Gasteiger partial charge in [0, 0.05) is 11.8 Å². The van der Waals surface area contributed by atoms with Crippen LogP contribution in [-0.4, -0.2) is 12.1 Å². The minimum absolute atomic E-state index is 0.0124. The fourth-order valence-corrected chi connectivity index (χ4v) is 2.71. The zero-order chi connectivity index (χ0) is 7.42. The summed E-state index contributed by atoms with van der Waals surface area (Å²) in [5.41, 5.74) is 0. The number of hydrogen-bond donors (Lipinski definition) is 0. The molecule has 1 saturated carbocycles. The number of carbonyl (C=O) groups is 1. The number of esters is 1. The van der Waals surface area contributed by atoms with Gasteiger partial charge in [0.15, 0.2) is 0 Å². The zero-order valence-electron chi connectivity index (χ0n) is 6.19. The molecule has 2 aliphatic carbocycles. The summed E-state index contributed by atoms with van der Waals surface area (Å²) in [6.07, 6.45) is 6.61. The van der Waals surface area contributed by atoms with Crippen molar-refractivity contribution < 1.29 is 9.53 Å². The van der Waals surface area contributed by atoms with Gasteiger partial charge in [-0.25, -0.2) is 0 Å². The molecule has 0 aromatic rings. The lowest BCUT2D eigenvalue weighted by molar-refractivity contribution is -0.142. The Morgan fingerprint density at radius 3 is 3.00 bits per heavy atom. The molecule has 3 aliphatic rings. The average molecular weight is 150 g/mol. The molecule has 2 fully saturated rings. The van der Waals surface area contributed by atoms with Gasteiger partial charge in [0.2, 0.25) is 0 Å². The third kappa shape index (κ3) is 0.602. The van der Waals surface area contributed by atoms with Crippen molar-refractivity contribution in [3.05, 3.63) is 12.2 Å². The van der Waals surface area contributed by atoms with Crippen LogP contribution in [-0.2, 0) is 9.53 Å². The van der Waals surface area contributed by atoms with Crippen molar-refractivity contribution in [3.8, 4) is 0 Å². The standard InChI is InChI=1S/C9H10O2/c10-8-4-7-5-1-2-6(3-5)9(7)11-8/h1-2,5-7,9H,3-4H2/t5-,6+,7-,9+/m1/s1. The lowest BCUT2D eigenvalue weighted by atomic mass is 9.90. The number of ether oxygens (including phenoxy) is 1. The van der Waals surface area contributed by atoms with Gasteiger partial charge < -0.3 is 4.74 Å². The van der Waals surface area contributed by atoms with Crippen molar-refractivity contribution in [1.82, 2.24) is 0 Å². The topological polar surface area (TPSA) is 26.3 Å². The molecule has 2 nitrogen and oxygen atoms in total. The summed E-state index contributed by atoms with van der Waals surface area (Å²) < 4.78 is 5.23. The van der Waals surface area contributed by atoms with Crippen molar-refractivity contribution in [2.45, 2.75) is 18.9 Å². The van der Waals surface area contributed by atoms with Gasteiger partial charge in [-0.2, -0.15) is 0 Å². The summed E-state index contributed by atoms with van der Waals surface area (Å²) in [6, 6.07) is 0. The first-order valence-corrected chi connectivity index (χ1v) is 4.22. The molecule has 0 unspecified atom stereocenters. The molecule has 11 heavy (non-hydrogen) atoms. The van der Waals surface area contributed by atoms with Crippen molar-refractivity contribution in [2.75, 3.05) is 0 Å². The minimum Gasteiger partial charge on any atom is -0.461 e. The molecular weight excluding hydrogens is 140 g/mol. The summed E-state index contributed by atoms with van der Waals surface area (Å²) in [5, 5.41) is 0. The van der Waals surface area contributed by atoms with Crippen LogP contribution < -0.4 is 0 Å². The van der Waals surface area contributed by atoms with E-state index in [9.17, 15) is 4.79 Å². The molecule has 0 amide bonds. The van der Waals surface area contributed by atoms with E-state index >= 15 is 0 Å². The number of carbonyl (C=O) groups excluding carboxylic acids is 1. The molecule has 2 heteroatoms. The van der Waals surface area contributed by atoms with Crippen molar-refractivity contribution in [1.29, 1.82) is 0 Å². The number of hydrogen-bond acceptors (Lipinski definition) is 2. The maximum absolute atomic E-state index is 10.9. The molecule has 58 valence electrons. The first kappa shape index (κ1) is 5.81. The quantitative estimate of drug-likeness (QED) is 0.382. The Morgan fingerprint density at radius 2 is 2.18 bits per heavy atom. The van der Waals surface area contributed by atoms with E-state index in [4.69, 9.17) is 4.74 Å². The fourth-order valence-electron chi connectivity index (χ4n) is 2.71. The minimum atomic E-state index is 0.0124. The monoisotopic (exact) mass is 150 g/mol. The number of allylic oxidation sites excluding steroid dienone is 1. The van der Waals surface area contributed by atoms with Crippen LogP contribution in [0.5, 0.6) is 0 Å². The summed E-state index contributed by atoms with van der Waals surface area (Å²) in [6.45, 7) is 0. The van der Waals surface area contributed by atoms with Crippen LogP contribution in [0.1, 0.15) is 12.8 Å². The maximum atomic E-state index is 10.9. The Hall–Kier alpha value is -0.790. The molecule has 1 saturated heterocycles. The molecule has 0 aromatic heterocycles. The molecule has 0 N–H and O–H groups in total. The van der Waals surface area contributed by atoms with Crippen LogP contribution in [0.2, 0.25) is 0 Å². The number of rotatable bonds is 0. The van der Waals surface area contributed by atoms with Gasteiger partial charge in [-0.05, 0) is 12.3 Å². The normalized spacial score (nSPS) is 51.5. The van der Waals surface area contributed by atoms with Gasteiger partial charge in [-0.3, -0.25) is 4.79 Å². The molecule has 1 aliphatic heterocycles. The number of fused-ring (bicyclic) bond motifs is 5. The van der Waals surface area contributed by atoms with Crippen molar-refractivity contribution >= 4 is 5.97 Å². The van der Waals surface area contributed by atoms with Gasteiger partial charge in [-0.1, -0.05) is 12.2 Å². The van der Waals surface area contributed by atoms with E-state index in [2.05, 4.69) is 12.2 Å². The first-order chi connectivity index (χ1) is 5.34. The highest BCUT2D eigenvalue weighted by Gasteiger charge is 2.51. The Bertz CT molecular complexity index is 222. The predicted molar refractivity (Wildman–Crippen MR) is 38.7 cm³/mol. The Kier molecular flexibility index (Phi) is 0.888. The second-order valence-electron chi connectivity index (χ2n) is 3.77. The average Bonchev–Trinajstić information content (AvgIpc) is 2.53. The van der Waals surface area contributed by atoms with E-state index in [0.717, 1.165) is 0 Å². The Labute approximate surface area is 65.2 Å². The Morgan fingerprint density at radius 1 is 1.36 bits per heavy atom. The van der Waals surface area contributed by atoms with E-state index in [0.29, 0.717) is 24.2 Å². The second-order valence-corrected chi connectivity index (χ2v) is 3.77. The maximum Gasteiger partial charge on any atom is 0.306 e. The highest BCUT2D eigenvalue weighted by Crippen LogP contribution is 2.49. The van der Waals surface area contributed by atoms with Crippen LogP contribution in [0.25, 0.3) is 0 Å². The largest absolute Gasteiger partial charge is 0.461 e. The van der Waals surface area contributed by atoms with E-state index in [1.165, 1.54) is 6.42 Å². The highest BCUT2D eigenvalue weighted by atomic mass is 16.6. The zero-order valence-corrected chi connectivity index (χ0v) is 6.19. The van der Waals surface area contributed by atoms with E-state index in [1.807, 2.05) is 0 Å². The molecular formula is C9H10O2. The summed E-state index contributed by atoms with van der Waals surface area (Å²) in [7, 11) is 0. The van der Waals surface area contributed by atoms with Crippen molar-refractivity contribution in [3.63, 3.8) is 0 Å². The molecule has 1 heterocycles. The van der Waals surface area contributed by atoms with Gasteiger partial charge >= 0.3 is 5.97 Å². The van der Waals surface area contributed by atoms with E-state index < -0.39 is 0 Å². The molecule has 3 rings (SSSR count). The third-order valence-corrected chi connectivity index (χ3v) is 3.21. The lowest BCUT2D eigenvalue weighted by Gasteiger charge is -2.16. The van der Waals surface area contributed by atoms with Crippen molar-refractivity contribution in [2.24, 2.45) is 17.8 Å². The molecule has 0 radical (unpaired) electrons. The first-order valence-electron chi connectivity index (χ1n) is 4.22. The molecule has 4 atom stereocenters. The molecule has 0 aromatic carbocycles. The van der Waals surface area contributed by atoms with Crippen LogP contribution in [0.15, 0.2) is 12.2 Å². The highest BCUT2D eigenvalue weighted by molar-refractivity contribution is 5.72. The lowest BCUT2D eigenvalue weighted by Crippen LogP contribution is -2.20. The summed E-state index contributed by atoms with van der Waals surface area (Å²) >= 11 is 0. The van der Waals surface area contributed by atoms with Crippen LogP contribution in [0, 0.1) is 17.8 Å². The Balaban J connectivity index is 1.97. The van der Waals surface area contributed by atoms with Crippen LogP contribution in [0.4, 0.5) is 0 Å². The smallest absolute Gasteiger partial charge is 0.306 e. The van der Waals surface area contributed by atoms with Gasteiger partial charge in [0.1, 0.15) is 6.10 Å². The van der Waals surface area contributed by atoms with E-state index in [-0.39, 0.29) is 12.1 Å². The van der Waals surface area contributed by atoms with Gasteiger partial charge in [0.05, 0.1) is 6.42 Å². The summed E-state index contributed by atoms with van der Waals surface area (Å²) in [5.74, 6) is 1.74. The van der Waals surface area contributed by atoms with Gasteiger partial charge in [0.25, 0.3) is 0 Å².